The van der Waals surface area contributed by atoms with Crippen LogP contribution in [0.5, 0.6) is 0 Å². The topological polar surface area (TPSA) is 133 Å². The molecule has 0 rings (SSSR count). The Morgan fingerprint density at radius 1 is 1.18 bits per heavy atom. The number of rotatable bonds is 2. The van der Waals surface area contributed by atoms with E-state index >= 15 is 0 Å². The smallest absolute Gasteiger partial charge is 0.790 e. The fourth-order valence-corrected chi connectivity index (χ4v) is 1.14. The molecule has 0 aromatic rings. The Labute approximate surface area is 119 Å². The minimum Gasteiger partial charge on any atom is -0.790 e. The van der Waals surface area contributed by atoms with Crippen molar-refractivity contribution in [1.82, 2.24) is 0 Å². The summed E-state index contributed by atoms with van der Waals surface area (Å²) < 4.78 is 21.4. The number of hydrogen-bond acceptors (Lipinski definition) is 6. The molecule has 0 aliphatic rings. The summed E-state index contributed by atoms with van der Waals surface area (Å²) in [5, 5.41) is 0. The molecule has 7 nitrogen and oxygen atoms in total. The molecule has 1 N–H and O–H groups in total. The first kappa shape index (κ1) is 19.2. The molecule has 0 saturated carbocycles. The molecule has 0 aliphatic heterocycles. The van der Waals surface area contributed by atoms with Gasteiger partial charge in [0.1, 0.15) is 0 Å². The third-order valence-corrected chi connectivity index (χ3v) is 1.83. The minimum absolute atomic E-state index is 0. The molecule has 64 valence electrons. The first-order chi connectivity index (χ1) is 3.71. The van der Waals surface area contributed by atoms with Gasteiger partial charge < -0.3 is 24.1 Å². The van der Waals surface area contributed by atoms with Crippen molar-refractivity contribution in [3.8, 4) is 0 Å². The zero-order chi connectivity index (χ0) is 7.71. The molecule has 0 aliphatic carbocycles. The van der Waals surface area contributed by atoms with E-state index in [1.165, 1.54) is 0 Å². The van der Waals surface area contributed by atoms with Crippen molar-refractivity contribution < 1.29 is 105 Å². The Morgan fingerprint density at radius 2 is 1.45 bits per heavy atom. The third-order valence-electron chi connectivity index (χ3n) is 0.203. The standard InChI is InChI=1S/K.H4O7P2.Pt/c;1-8(2,3)7-9(4,5)6;/h;(H2,1,2,3)(H2,4,5,6);/q+1;;+2/p-3. The summed E-state index contributed by atoms with van der Waals surface area (Å²) in [4.78, 5) is 35.7. The Hall–Kier alpha value is 2.58. The van der Waals surface area contributed by atoms with E-state index in [0.29, 0.717) is 0 Å². The van der Waals surface area contributed by atoms with Crippen molar-refractivity contribution in [2.24, 2.45) is 0 Å². The molecule has 0 bridgehead atoms. The van der Waals surface area contributed by atoms with E-state index < -0.39 is 15.6 Å². The van der Waals surface area contributed by atoms with Gasteiger partial charge in [-0.2, -0.15) is 0 Å². The summed E-state index contributed by atoms with van der Waals surface area (Å²) in [7, 11) is -11.0. The van der Waals surface area contributed by atoms with E-state index in [1.807, 2.05) is 0 Å². The molecule has 11 heavy (non-hydrogen) atoms. The molecular formula is HKO7P2Pt. The van der Waals surface area contributed by atoms with Crippen molar-refractivity contribution in [3.05, 3.63) is 0 Å². The molecule has 0 spiro atoms. The SMILES string of the molecule is O=P([O-])([O-])OP(=O)([O-])O.[K+].[Pt+2]. The van der Waals surface area contributed by atoms with Crippen molar-refractivity contribution >= 4 is 15.6 Å². The molecular weight excluding hydrogens is 408 g/mol. The van der Waals surface area contributed by atoms with E-state index in [0.717, 1.165) is 0 Å². The second-order valence-corrected chi connectivity index (χ2v) is 3.48. The summed E-state index contributed by atoms with van der Waals surface area (Å²) >= 11 is 0. The van der Waals surface area contributed by atoms with Crippen LogP contribution in [-0.4, -0.2) is 4.89 Å². The average Bonchev–Trinajstić information content (AvgIpc) is 1.14. The third kappa shape index (κ3) is 19.1. The summed E-state index contributed by atoms with van der Waals surface area (Å²) in [6.45, 7) is 0. The second-order valence-electron chi connectivity index (χ2n) is 0.997. The molecule has 1 atom stereocenters. The second kappa shape index (κ2) is 6.95. The predicted molar refractivity (Wildman–Crippen MR) is 18.5 cm³/mol. The molecule has 0 saturated heterocycles. The molecule has 0 aromatic carbocycles. The molecule has 0 amide bonds. The monoisotopic (exact) mass is 409 g/mol. The van der Waals surface area contributed by atoms with E-state index in [-0.39, 0.29) is 72.4 Å². The van der Waals surface area contributed by atoms with Gasteiger partial charge in [0.15, 0.2) is 0 Å². The normalized spacial score (nSPS) is 15.6. The maximum Gasteiger partial charge on any atom is 2.00 e. The van der Waals surface area contributed by atoms with Gasteiger partial charge in [0.05, 0.1) is 7.82 Å². The van der Waals surface area contributed by atoms with Crippen LogP contribution >= 0.6 is 15.6 Å². The van der Waals surface area contributed by atoms with Crippen LogP contribution in [0.1, 0.15) is 0 Å². The summed E-state index contributed by atoms with van der Waals surface area (Å²) in [6, 6.07) is 0. The molecule has 11 heteroatoms. The van der Waals surface area contributed by atoms with E-state index in [9.17, 15) is 23.8 Å². The van der Waals surface area contributed by atoms with Crippen LogP contribution in [0.3, 0.4) is 0 Å². The minimum atomic E-state index is -5.61. The van der Waals surface area contributed by atoms with Gasteiger partial charge in [0.25, 0.3) is 7.82 Å². The Bertz CT molecular complexity index is 157. The fraction of sp³-hybridized carbons (Fsp3) is 0. The van der Waals surface area contributed by atoms with Crippen LogP contribution in [0.25, 0.3) is 0 Å². The number of phosphoric acid groups is 2. The maximum absolute atomic E-state index is 9.44. The van der Waals surface area contributed by atoms with Gasteiger partial charge in [0.2, 0.25) is 0 Å². The van der Waals surface area contributed by atoms with Crippen LogP contribution < -0.4 is 66.1 Å². The molecule has 0 heterocycles. The van der Waals surface area contributed by atoms with Gasteiger partial charge in [-0.3, -0.25) is 8.88 Å². The van der Waals surface area contributed by atoms with Gasteiger partial charge >= 0.3 is 72.4 Å². The van der Waals surface area contributed by atoms with Crippen molar-refractivity contribution in [3.63, 3.8) is 0 Å². The zero-order valence-corrected chi connectivity index (χ0v) is 12.3. The predicted octanol–water partition coefficient (Wildman–Crippen LogP) is -5.71. The first-order valence-corrected chi connectivity index (χ1v) is 4.43. The van der Waals surface area contributed by atoms with E-state index in [4.69, 9.17) is 4.89 Å². The van der Waals surface area contributed by atoms with Crippen LogP contribution in [0, 0.1) is 0 Å². The molecule has 0 aromatic heterocycles. The maximum atomic E-state index is 9.44. The van der Waals surface area contributed by atoms with Gasteiger partial charge in [0, 0.05) is 0 Å². The zero-order valence-electron chi connectivity index (χ0n) is 5.11. The molecule has 1 unspecified atom stereocenters. The van der Waals surface area contributed by atoms with Gasteiger partial charge in [-0.1, -0.05) is 0 Å². The number of hydrogen-bond donors (Lipinski definition) is 1. The van der Waals surface area contributed by atoms with Gasteiger partial charge in [-0.15, -0.1) is 0 Å². The summed E-state index contributed by atoms with van der Waals surface area (Å²) in [5.41, 5.74) is 0. The molecule has 0 fully saturated rings. The largest absolute Gasteiger partial charge is 2.00 e. The first-order valence-electron chi connectivity index (χ1n) is 1.48. The quantitative estimate of drug-likeness (QED) is 0.355. The van der Waals surface area contributed by atoms with Crippen molar-refractivity contribution in [1.29, 1.82) is 0 Å². The van der Waals surface area contributed by atoms with Crippen molar-refractivity contribution in [2.45, 2.75) is 0 Å². The van der Waals surface area contributed by atoms with Gasteiger partial charge in [-0.05, 0) is 0 Å². The fourth-order valence-electron chi connectivity index (χ4n) is 0.126. The van der Waals surface area contributed by atoms with Crippen molar-refractivity contribution in [2.75, 3.05) is 0 Å². The van der Waals surface area contributed by atoms with E-state index in [1.54, 1.807) is 0 Å². The summed E-state index contributed by atoms with van der Waals surface area (Å²) in [5.74, 6) is 0. The van der Waals surface area contributed by atoms with E-state index in [2.05, 4.69) is 4.31 Å². The van der Waals surface area contributed by atoms with Crippen LogP contribution in [-0.2, 0) is 34.5 Å². The van der Waals surface area contributed by atoms with Crippen LogP contribution in [0.2, 0.25) is 0 Å². The summed E-state index contributed by atoms with van der Waals surface area (Å²) in [6.07, 6.45) is 0. The average molecular weight is 409 g/mol. The van der Waals surface area contributed by atoms with Crippen LogP contribution in [0.15, 0.2) is 0 Å². The Balaban J connectivity index is -0.000000320. The molecule has 0 radical (unpaired) electrons. The van der Waals surface area contributed by atoms with Crippen LogP contribution in [0.4, 0.5) is 0 Å². The van der Waals surface area contributed by atoms with Gasteiger partial charge in [-0.25, -0.2) is 0 Å². The Kier molecular flexibility index (Phi) is 12.1. The Morgan fingerprint density at radius 3 is 1.45 bits per heavy atom.